The van der Waals surface area contributed by atoms with Crippen LogP contribution >= 0.6 is 27.5 Å². The van der Waals surface area contributed by atoms with Crippen LogP contribution in [0.15, 0.2) is 70.0 Å². The third-order valence-electron chi connectivity index (χ3n) is 4.54. The average Bonchev–Trinajstić information content (AvgIpc) is 2.71. The van der Waals surface area contributed by atoms with Gasteiger partial charge in [-0.3, -0.25) is 9.10 Å². The molecule has 162 valence electrons. The van der Waals surface area contributed by atoms with E-state index in [2.05, 4.69) is 21.2 Å². The van der Waals surface area contributed by atoms with E-state index in [1.165, 1.54) is 30.3 Å². The maximum absolute atomic E-state index is 14.1. The Bertz CT molecular complexity index is 1230. The summed E-state index contributed by atoms with van der Waals surface area (Å²) in [6.45, 7) is 3.06. The van der Waals surface area contributed by atoms with Gasteiger partial charge < -0.3 is 5.32 Å². The summed E-state index contributed by atoms with van der Waals surface area (Å²) in [5, 5.41) is 2.78. The number of benzene rings is 3. The number of carbonyl (C=O) groups excluding carboxylic acids is 1. The Kier molecular flexibility index (Phi) is 7.03. The Hall–Kier alpha value is -2.42. The van der Waals surface area contributed by atoms with Crippen LogP contribution in [0.4, 0.5) is 15.8 Å². The molecule has 0 unspecified atom stereocenters. The second-order valence-corrected chi connectivity index (χ2v) is 10.1. The van der Waals surface area contributed by atoms with E-state index in [-0.39, 0.29) is 16.3 Å². The van der Waals surface area contributed by atoms with E-state index >= 15 is 0 Å². The van der Waals surface area contributed by atoms with Crippen molar-refractivity contribution in [2.75, 3.05) is 16.2 Å². The lowest BCUT2D eigenvalue weighted by Gasteiger charge is -2.24. The van der Waals surface area contributed by atoms with Crippen molar-refractivity contribution in [2.45, 2.75) is 18.7 Å². The van der Waals surface area contributed by atoms with E-state index in [1.807, 2.05) is 6.92 Å². The fraction of sp³-hybridized carbons (Fsp3) is 0.136. The molecule has 0 radical (unpaired) electrons. The van der Waals surface area contributed by atoms with Crippen LogP contribution in [0.2, 0.25) is 5.02 Å². The first kappa shape index (κ1) is 23.2. The molecule has 0 heterocycles. The number of anilines is 2. The van der Waals surface area contributed by atoms with E-state index in [4.69, 9.17) is 11.6 Å². The normalized spacial score (nSPS) is 11.3. The first-order valence-electron chi connectivity index (χ1n) is 9.18. The van der Waals surface area contributed by atoms with Crippen molar-refractivity contribution in [2.24, 2.45) is 0 Å². The number of halogens is 3. The van der Waals surface area contributed by atoms with Crippen LogP contribution in [0, 0.1) is 19.7 Å². The Balaban J connectivity index is 1.98. The maximum atomic E-state index is 14.1. The Morgan fingerprint density at radius 1 is 1.06 bits per heavy atom. The van der Waals surface area contributed by atoms with Gasteiger partial charge in [-0.1, -0.05) is 51.3 Å². The van der Waals surface area contributed by atoms with Gasteiger partial charge in [0, 0.05) is 9.50 Å². The molecule has 0 spiro atoms. The minimum atomic E-state index is -4.09. The number of rotatable bonds is 6. The molecule has 0 saturated heterocycles. The molecule has 0 atom stereocenters. The molecule has 0 aliphatic rings. The Labute approximate surface area is 194 Å². The molecule has 0 aliphatic carbocycles. The minimum absolute atomic E-state index is 0.0254. The second kappa shape index (κ2) is 9.38. The fourth-order valence-electron chi connectivity index (χ4n) is 2.80. The van der Waals surface area contributed by atoms with Crippen molar-refractivity contribution in [1.29, 1.82) is 0 Å². The highest BCUT2D eigenvalue weighted by molar-refractivity contribution is 9.10. The molecule has 0 aromatic heterocycles. The number of hydrogen-bond donors (Lipinski definition) is 1. The predicted octanol–water partition coefficient (Wildman–Crippen LogP) is 5.69. The summed E-state index contributed by atoms with van der Waals surface area (Å²) >= 11 is 9.35. The van der Waals surface area contributed by atoms with E-state index < -0.39 is 28.3 Å². The summed E-state index contributed by atoms with van der Waals surface area (Å²) < 4.78 is 42.3. The molecule has 0 bridgehead atoms. The van der Waals surface area contributed by atoms with Gasteiger partial charge in [0.1, 0.15) is 12.4 Å². The molecule has 3 rings (SSSR count). The quantitative estimate of drug-likeness (QED) is 0.449. The molecule has 31 heavy (non-hydrogen) atoms. The summed E-state index contributed by atoms with van der Waals surface area (Å²) in [6, 6.07) is 15.2. The summed E-state index contributed by atoms with van der Waals surface area (Å²) in [7, 11) is -4.09. The van der Waals surface area contributed by atoms with Crippen molar-refractivity contribution in [3.63, 3.8) is 0 Å². The van der Waals surface area contributed by atoms with Gasteiger partial charge in [0.2, 0.25) is 5.91 Å². The molecular weight excluding hydrogens is 507 g/mol. The van der Waals surface area contributed by atoms with E-state index in [9.17, 15) is 17.6 Å². The van der Waals surface area contributed by atoms with Crippen molar-refractivity contribution < 1.29 is 17.6 Å². The zero-order valence-electron chi connectivity index (χ0n) is 16.7. The van der Waals surface area contributed by atoms with Crippen LogP contribution in [0.3, 0.4) is 0 Å². The Morgan fingerprint density at radius 3 is 2.35 bits per heavy atom. The van der Waals surface area contributed by atoms with Crippen molar-refractivity contribution in [1.82, 2.24) is 0 Å². The molecule has 1 amide bonds. The topological polar surface area (TPSA) is 66.5 Å². The average molecular weight is 526 g/mol. The molecule has 0 aliphatic heterocycles. The second-order valence-electron chi connectivity index (χ2n) is 6.93. The third kappa shape index (κ3) is 5.44. The molecule has 3 aromatic carbocycles. The van der Waals surface area contributed by atoms with Crippen molar-refractivity contribution >= 4 is 54.8 Å². The molecule has 5 nitrogen and oxygen atoms in total. The predicted molar refractivity (Wildman–Crippen MR) is 125 cm³/mol. The van der Waals surface area contributed by atoms with E-state index in [1.54, 1.807) is 37.3 Å². The lowest BCUT2D eigenvalue weighted by atomic mass is 10.2. The van der Waals surface area contributed by atoms with Gasteiger partial charge in [-0.15, -0.1) is 0 Å². The third-order valence-corrected chi connectivity index (χ3v) is 7.23. The van der Waals surface area contributed by atoms with E-state index in [0.717, 1.165) is 15.4 Å². The van der Waals surface area contributed by atoms with Gasteiger partial charge in [0.05, 0.1) is 16.3 Å². The van der Waals surface area contributed by atoms with Gasteiger partial charge >= 0.3 is 0 Å². The van der Waals surface area contributed by atoms with Crippen molar-refractivity contribution in [3.05, 3.63) is 87.1 Å². The van der Waals surface area contributed by atoms with Gasteiger partial charge in [-0.25, -0.2) is 12.8 Å². The zero-order chi connectivity index (χ0) is 22.8. The highest BCUT2D eigenvalue weighted by Gasteiger charge is 2.28. The molecule has 1 N–H and O–H groups in total. The lowest BCUT2D eigenvalue weighted by Crippen LogP contribution is -2.38. The molecule has 0 fully saturated rings. The first-order valence-corrected chi connectivity index (χ1v) is 11.8. The van der Waals surface area contributed by atoms with Gasteiger partial charge in [0.15, 0.2) is 0 Å². The number of amides is 1. The molecule has 9 heteroatoms. The smallest absolute Gasteiger partial charge is 0.264 e. The Morgan fingerprint density at radius 2 is 1.74 bits per heavy atom. The van der Waals surface area contributed by atoms with Crippen LogP contribution < -0.4 is 9.62 Å². The summed E-state index contributed by atoms with van der Waals surface area (Å²) in [5.41, 5.74) is 1.83. The number of nitrogens with zero attached hydrogens (tertiary/aromatic N) is 1. The maximum Gasteiger partial charge on any atom is 0.264 e. The summed E-state index contributed by atoms with van der Waals surface area (Å²) in [6.07, 6.45) is 0. The van der Waals surface area contributed by atoms with Crippen LogP contribution in [-0.2, 0) is 14.8 Å². The fourth-order valence-corrected chi connectivity index (χ4v) is 4.72. The number of sulfonamides is 1. The summed E-state index contributed by atoms with van der Waals surface area (Å²) in [5.74, 6) is -1.34. The van der Waals surface area contributed by atoms with Crippen LogP contribution in [-0.4, -0.2) is 20.9 Å². The standard InChI is InChI=1S/C22H19BrClFN2O3S/c1-14-3-8-18(9-4-14)31(29,30)27(17-7-5-15(2)19(24)12-17)13-22(28)26-21-10-6-16(23)11-20(21)25/h3-12H,13H2,1-2H3,(H,26,28). The largest absolute Gasteiger partial charge is 0.322 e. The SMILES string of the molecule is Cc1ccc(S(=O)(=O)N(CC(=O)Nc2ccc(Br)cc2F)c2ccc(C)c(Cl)c2)cc1. The zero-order valence-corrected chi connectivity index (χ0v) is 19.9. The van der Waals surface area contributed by atoms with Gasteiger partial charge in [0.25, 0.3) is 10.0 Å². The molecule has 0 saturated carbocycles. The van der Waals surface area contributed by atoms with E-state index in [0.29, 0.717) is 9.50 Å². The van der Waals surface area contributed by atoms with Crippen LogP contribution in [0.25, 0.3) is 0 Å². The highest BCUT2D eigenvalue weighted by Crippen LogP contribution is 2.28. The number of nitrogens with one attached hydrogen (secondary N) is 1. The van der Waals surface area contributed by atoms with Gasteiger partial charge in [-0.2, -0.15) is 0 Å². The monoisotopic (exact) mass is 524 g/mol. The molecule has 3 aromatic rings. The summed E-state index contributed by atoms with van der Waals surface area (Å²) in [4.78, 5) is 12.7. The lowest BCUT2D eigenvalue weighted by molar-refractivity contribution is -0.114. The highest BCUT2D eigenvalue weighted by atomic mass is 79.9. The minimum Gasteiger partial charge on any atom is -0.322 e. The van der Waals surface area contributed by atoms with Crippen molar-refractivity contribution in [3.8, 4) is 0 Å². The van der Waals surface area contributed by atoms with Crippen LogP contribution in [0.1, 0.15) is 11.1 Å². The number of aryl methyl sites for hydroxylation is 2. The first-order chi connectivity index (χ1) is 14.6. The van der Waals surface area contributed by atoms with Crippen LogP contribution in [0.5, 0.6) is 0 Å². The number of hydrogen-bond acceptors (Lipinski definition) is 3. The molecular formula is C22H19BrClFN2O3S. The van der Waals surface area contributed by atoms with Gasteiger partial charge in [-0.05, 0) is 61.9 Å². The number of carbonyl (C=O) groups is 1.